The average molecular weight is 308 g/mol. The molecule has 0 saturated carbocycles. The molecule has 0 aromatic heterocycles. The van der Waals surface area contributed by atoms with Gasteiger partial charge in [0.2, 0.25) is 5.91 Å². The van der Waals surface area contributed by atoms with E-state index in [2.05, 4.69) is 10.2 Å². The maximum atomic E-state index is 13.8. The van der Waals surface area contributed by atoms with Gasteiger partial charge in [-0.15, -0.1) is 0 Å². The smallest absolute Gasteiger partial charge is 0.238 e. The number of anilines is 1. The summed E-state index contributed by atoms with van der Waals surface area (Å²) in [5.41, 5.74) is 1.06. The number of nitrogens with zero attached hydrogens (tertiary/aromatic N) is 1. The normalized spacial score (nSPS) is 25.5. The van der Waals surface area contributed by atoms with Crippen molar-refractivity contribution >= 4 is 11.6 Å². The first kappa shape index (κ1) is 15.4. The molecule has 0 bridgehead atoms. The number of halogens is 1. The molecule has 22 heavy (non-hydrogen) atoms. The van der Waals surface area contributed by atoms with Gasteiger partial charge in [-0.2, -0.15) is 0 Å². The van der Waals surface area contributed by atoms with Crippen LogP contribution in [0.3, 0.4) is 0 Å². The van der Waals surface area contributed by atoms with E-state index in [1.807, 2.05) is 6.92 Å². The number of nitrogens with one attached hydrogen (secondary N) is 1. The van der Waals surface area contributed by atoms with Gasteiger partial charge in [-0.3, -0.25) is 9.69 Å². The van der Waals surface area contributed by atoms with Gasteiger partial charge in [0.1, 0.15) is 5.82 Å². The lowest BCUT2D eigenvalue weighted by molar-refractivity contribution is -0.142. The minimum absolute atomic E-state index is 0.0337. The van der Waals surface area contributed by atoms with Crippen LogP contribution in [-0.2, 0) is 14.3 Å². The average Bonchev–Trinajstić information content (AvgIpc) is 2.50. The Labute approximate surface area is 129 Å². The minimum Gasteiger partial charge on any atom is -0.379 e. The lowest BCUT2D eigenvalue weighted by Gasteiger charge is -2.43. The Balaban J connectivity index is 1.61. The van der Waals surface area contributed by atoms with Gasteiger partial charge in [0, 0.05) is 19.2 Å². The molecule has 120 valence electrons. The molecule has 3 rings (SSSR count). The van der Waals surface area contributed by atoms with E-state index >= 15 is 0 Å². The molecule has 5 nitrogen and oxygen atoms in total. The number of ether oxygens (including phenoxy) is 2. The Morgan fingerprint density at radius 1 is 1.45 bits per heavy atom. The van der Waals surface area contributed by atoms with Gasteiger partial charge < -0.3 is 14.8 Å². The second-order valence-corrected chi connectivity index (χ2v) is 5.84. The highest BCUT2D eigenvalue weighted by molar-refractivity contribution is 5.92. The number of hydrogen-bond donors (Lipinski definition) is 1. The lowest BCUT2D eigenvalue weighted by Crippen LogP contribution is -2.57. The molecular weight excluding hydrogens is 287 g/mol. The topological polar surface area (TPSA) is 50.8 Å². The second-order valence-electron chi connectivity index (χ2n) is 5.84. The molecule has 2 atom stereocenters. The molecule has 0 spiro atoms. The summed E-state index contributed by atoms with van der Waals surface area (Å²) in [5.74, 6) is -0.603. The van der Waals surface area contributed by atoms with E-state index in [9.17, 15) is 9.18 Å². The Morgan fingerprint density at radius 2 is 2.32 bits per heavy atom. The van der Waals surface area contributed by atoms with Crippen LogP contribution in [0.1, 0.15) is 12.0 Å². The van der Waals surface area contributed by atoms with Crippen LogP contribution in [-0.4, -0.2) is 55.9 Å². The van der Waals surface area contributed by atoms with E-state index in [1.54, 1.807) is 12.1 Å². The van der Waals surface area contributed by atoms with Crippen LogP contribution >= 0.6 is 0 Å². The van der Waals surface area contributed by atoms with Gasteiger partial charge in [-0.05, 0) is 31.0 Å². The predicted octanol–water partition coefficient (Wildman–Crippen LogP) is 1.56. The maximum absolute atomic E-state index is 13.8. The predicted molar refractivity (Wildman–Crippen MR) is 80.3 cm³/mol. The largest absolute Gasteiger partial charge is 0.379 e. The zero-order valence-corrected chi connectivity index (χ0v) is 12.7. The van der Waals surface area contributed by atoms with Gasteiger partial charge >= 0.3 is 0 Å². The molecule has 2 saturated heterocycles. The highest BCUT2D eigenvalue weighted by atomic mass is 19.1. The van der Waals surface area contributed by atoms with E-state index in [0.29, 0.717) is 26.4 Å². The van der Waals surface area contributed by atoms with Gasteiger partial charge in [-0.25, -0.2) is 4.39 Å². The van der Waals surface area contributed by atoms with Crippen LogP contribution in [0.25, 0.3) is 0 Å². The number of carbonyl (C=O) groups excluding carboxylic acids is 1. The fourth-order valence-electron chi connectivity index (χ4n) is 3.06. The van der Waals surface area contributed by atoms with Crippen molar-refractivity contribution in [2.45, 2.75) is 25.5 Å². The van der Waals surface area contributed by atoms with Crippen LogP contribution in [0.5, 0.6) is 0 Å². The number of rotatable bonds is 3. The first-order valence-corrected chi connectivity index (χ1v) is 7.63. The monoisotopic (exact) mass is 308 g/mol. The van der Waals surface area contributed by atoms with Crippen molar-refractivity contribution in [3.8, 4) is 0 Å². The molecule has 2 aliphatic rings. The lowest BCUT2D eigenvalue weighted by atomic mass is 10.0. The molecule has 2 aliphatic heterocycles. The van der Waals surface area contributed by atoms with Gasteiger partial charge in [0.25, 0.3) is 0 Å². The molecule has 1 amide bonds. The summed E-state index contributed by atoms with van der Waals surface area (Å²) in [4.78, 5) is 14.3. The molecular formula is C16H21FN2O3. The molecule has 1 N–H and O–H groups in total. The van der Waals surface area contributed by atoms with Crippen LogP contribution < -0.4 is 5.32 Å². The first-order valence-electron chi connectivity index (χ1n) is 7.63. The second kappa shape index (κ2) is 6.73. The third-order valence-corrected chi connectivity index (χ3v) is 4.19. The van der Waals surface area contributed by atoms with E-state index in [1.165, 1.54) is 6.07 Å². The van der Waals surface area contributed by atoms with Gasteiger partial charge in [0.15, 0.2) is 0 Å². The summed E-state index contributed by atoms with van der Waals surface area (Å²) < 4.78 is 24.9. The number of amides is 1. The molecule has 1 aromatic carbocycles. The summed E-state index contributed by atoms with van der Waals surface area (Å²) in [5, 5.41) is 2.65. The third-order valence-electron chi connectivity index (χ3n) is 4.19. The Kier molecular flexibility index (Phi) is 4.71. The number of morpholine rings is 1. The Hall–Kier alpha value is -1.50. The van der Waals surface area contributed by atoms with Crippen molar-refractivity contribution in [2.24, 2.45) is 0 Å². The standard InChI is InChI=1S/C16H21FN2O3/c1-11-2-3-13(12(17)8-11)18-16(20)9-19-5-7-22-15-10-21-6-4-14(15)19/h2-3,8,14-15H,4-7,9-10H2,1H3,(H,18,20)/t14-,15+/m0/s1. The van der Waals surface area contributed by atoms with E-state index in [4.69, 9.17) is 9.47 Å². The molecule has 1 aromatic rings. The van der Waals surface area contributed by atoms with Crippen molar-refractivity contribution in [3.63, 3.8) is 0 Å². The number of hydrogen-bond acceptors (Lipinski definition) is 4. The quantitative estimate of drug-likeness (QED) is 0.921. The van der Waals surface area contributed by atoms with Gasteiger partial charge in [-0.1, -0.05) is 6.07 Å². The number of aryl methyl sites for hydroxylation is 1. The SMILES string of the molecule is Cc1ccc(NC(=O)CN2CCO[C@@H]3COCC[C@@H]32)c(F)c1. The number of carbonyl (C=O) groups is 1. The summed E-state index contributed by atoms with van der Waals surface area (Å²) in [6.45, 7) is 4.64. The van der Waals surface area contributed by atoms with E-state index in [0.717, 1.165) is 12.0 Å². The Morgan fingerprint density at radius 3 is 3.14 bits per heavy atom. The molecule has 0 unspecified atom stereocenters. The fourth-order valence-corrected chi connectivity index (χ4v) is 3.06. The van der Waals surface area contributed by atoms with Crippen LogP contribution in [0.4, 0.5) is 10.1 Å². The summed E-state index contributed by atoms with van der Waals surface area (Å²) in [7, 11) is 0. The molecule has 2 fully saturated rings. The van der Waals surface area contributed by atoms with Crippen molar-refractivity contribution in [3.05, 3.63) is 29.6 Å². The number of benzene rings is 1. The van der Waals surface area contributed by atoms with E-state index in [-0.39, 0.29) is 30.3 Å². The Bertz CT molecular complexity index is 550. The molecule has 0 aliphatic carbocycles. The van der Waals surface area contributed by atoms with E-state index < -0.39 is 5.82 Å². The van der Waals surface area contributed by atoms with Crippen molar-refractivity contribution in [1.82, 2.24) is 4.90 Å². The zero-order valence-electron chi connectivity index (χ0n) is 12.7. The zero-order chi connectivity index (χ0) is 15.5. The van der Waals surface area contributed by atoms with Crippen molar-refractivity contribution < 1.29 is 18.7 Å². The summed E-state index contributed by atoms with van der Waals surface area (Å²) in [6.07, 6.45) is 0.892. The van der Waals surface area contributed by atoms with Crippen molar-refractivity contribution in [2.75, 3.05) is 38.2 Å². The van der Waals surface area contributed by atoms with Crippen LogP contribution in [0.2, 0.25) is 0 Å². The first-order chi connectivity index (χ1) is 10.6. The number of fused-ring (bicyclic) bond motifs is 1. The molecule has 6 heteroatoms. The molecule has 2 heterocycles. The summed E-state index contributed by atoms with van der Waals surface area (Å²) in [6, 6.07) is 5.00. The highest BCUT2D eigenvalue weighted by Crippen LogP contribution is 2.22. The summed E-state index contributed by atoms with van der Waals surface area (Å²) >= 11 is 0. The highest BCUT2D eigenvalue weighted by Gasteiger charge is 2.35. The molecule has 0 radical (unpaired) electrons. The third kappa shape index (κ3) is 3.45. The van der Waals surface area contributed by atoms with Gasteiger partial charge in [0.05, 0.1) is 31.5 Å². The maximum Gasteiger partial charge on any atom is 0.238 e. The minimum atomic E-state index is -0.403. The van der Waals surface area contributed by atoms with Crippen molar-refractivity contribution in [1.29, 1.82) is 0 Å². The van der Waals surface area contributed by atoms with Crippen LogP contribution in [0, 0.1) is 12.7 Å². The van der Waals surface area contributed by atoms with Crippen LogP contribution in [0.15, 0.2) is 18.2 Å². The fraction of sp³-hybridized carbons (Fsp3) is 0.562.